The molecule has 2 rings (SSSR count). The van der Waals surface area contributed by atoms with E-state index in [-0.39, 0.29) is 11.7 Å². The molecule has 1 saturated heterocycles. The number of carbonyl (C=O) groups excluding carboxylic acids is 1. The molecule has 0 aromatic heterocycles. The van der Waals surface area contributed by atoms with Crippen molar-refractivity contribution in [3.63, 3.8) is 0 Å². The number of amides is 1. The highest BCUT2D eigenvalue weighted by Crippen LogP contribution is 2.18. The van der Waals surface area contributed by atoms with Crippen molar-refractivity contribution in [2.24, 2.45) is 11.7 Å². The zero-order chi connectivity index (χ0) is 15.1. The molecule has 3 N–H and O–H groups in total. The summed E-state index contributed by atoms with van der Waals surface area (Å²) in [6.07, 6.45) is 3.38. The average Bonchev–Trinajstić information content (AvgIpc) is 2.47. The molecule has 0 aliphatic carbocycles. The van der Waals surface area contributed by atoms with Crippen LogP contribution in [-0.4, -0.2) is 37.0 Å². The molecule has 1 fully saturated rings. The van der Waals surface area contributed by atoms with Crippen LogP contribution >= 0.6 is 0 Å². The molecule has 0 saturated carbocycles. The van der Waals surface area contributed by atoms with E-state index in [9.17, 15) is 9.18 Å². The molecule has 0 spiro atoms. The number of nitrogens with two attached hydrogens (primary N) is 1. The molecule has 1 aliphatic heterocycles. The third-order valence-electron chi connectivity index (χ3n) is 3.95. The highest BCUT2D eigenvalue weighted by Gasteiger charge is 2.20. The molecule has 1 aromatic carbocycles. The molecule has 21 heavy (non-hydrogen) atoms. The Hall–Kier alpha value is -1.46. The van der Waals surface area contributed by atoms with Crippen molar-refractivity contribution in [2.45, 2.75) is 25.8 Å². The maximum atomic E-state index is 12.8. The van der Waals surface area contributed by atoms with Crippen molar-refractivity contribution in [1.29, 1.82) is 0 Å². The minimum absolute atomic E-state index is 0.0210. The molecule has 1 heterocycles. The van der Waals surface area contributed by atoms with Gasteiger partial charge in [-0.1, -0.05) is 12.1 Å². The van der Waals surface area contributed by atoms with Gasteiger partial charge in [0.05, 0.1) is 6.54 Å². The van der Waals surface area contributed by atoms with Gasteiger partial charge in [0.2, 0.25) is 5.91 Å². The molecule has 0 radical (unpaired) electrons. The van der Waals surface area contributed by atoms with E-state index in [4.69, 9.17) is 5.73 Å². The van der Waals surface area contributed by atoms with E-state index in [0.29, 0.717) is 19.0 Å². The Morgan fingerprint density at radius 2 is 2.14 bits per heavy atom. The summed E-state index contributed by atoms with van der Waals surface area (Å²) >= 11 is 0. The summed E-state index contributed by atoms with van der Waals surface area (Å²) in [6, 6.07) is 6.19. The van der Waals surface area contributed by atoms with Gasteiger partial charge in [-0.15, -0.1) is 0 Å². The van der Waals surface area contributed by atoms with E-state index in [0.717, 1.165) is 38.0 Å². The van der Waals surface area contributed by atoms with Crippen molar-refractivity contribution in [2.75, 3.05) is 26.2 Å². The van der Waals surface area contributed by atoms with Crippen molar-refractivity contribution >= 4 is 5.91 Å². The zero-order valence-electron chi connectivity index (χ0n) is 12.4. The first kappa shape index (κ1) is 15.9. The molecular formula is C16H24FN3O. The van der Waals surface area contributed by atoms with E-state index in [1.165, 1.54) is 18.6 Å². The number of likely N-dealkylation sites (tertiary alicyclic amines) is 1. The van der Waals surface area contributed by atoms with Gasteiger partial charge in [0.15, 0.2) is 0 Å². The van der Waals surface area contributed by atoms with Gasteiger partial charge in [-0.2, -0.15) is 0 Å². The first-order valence-corrected chi connectivity index (χ1v) is 7.61. The van der Waals surface area contributed by atoms with Gasteiger partial charge >= 0.3 is 0 Å². The van der Waals surface area contributed by atoms with Crippen LogP contribution in [0.4, 0.5) is 4.39 Å². The lowest BCUT2D eigenvalue weighted by molar-refractivity contribution is -0.122. The number of piperidine rings is 1. The van der Waals surface area contributed by atoms with Gasteiger partial charge < -0.3 is 11.1 Å². The molecule has 0 bridgehead atoms. The van der Waals surface area contributed by atoms with E-state index in [2.05, 4.69) is 10.2 Å². The number of nitrogens with zero attached hydrogens (tertiary/aromatic N) is 1. The fourth-order valence-electron chi connectivity index (χ4n) is 2.83. The van der Waals surface area contributed by atoms with Crippen LogP contribution in [0.15, 0.2) is 24.3 Å². The van der Waals surface area contributed by atoms with Crippen molar-refractivity contribution in [3.05, 3.63) is 35.6 Å². The maximum absolute atomic E-state index is 12.8. The number of hydrogen-bond acceptors (Lipinski definition) is 3. The van der Waals surface area contributed by atoms with Crippen molar-refractivity contribution in [1.82, 2.24) is 10.2 Å². The Labute approximate surface area is 125 Å². The molecule has 116 valence electrons. The lowest BCUT2D eigenvalue weighted by atomic mass is 9.95. The van der Waals surface area contributed by atoms with Crippen LogP contribution in [0.25, 0.3) is 0 Å². The average molecular weight is 293 g/mol. The molecule has 1 aromatic rings. The standard InChI is InChI=1S/C16H24FN3O/c17-15-5-3-13(4-6-15)10-19-16(21)12-20-9-1-2-14(11-20)7-8-18/h3-6,14H,1-2,7-12,18H2,(H,19,21). The monoisotopic (exact) mass is 293 g/mol. The lowest BCUT2D eigenvalue weighted by Gasteiger charge is -2.32. The Kier molecular flexibility index (Phi) is 6.14. The number of halogens is 1. The number of carbonyl (C=O) groups is 1. The van der Waals surface area contributed by atoms with E-state index in [1.54, 1.807) is 12.1 Å². The van der Waals surface area contributed by atoms with Crippen LogP contribution in [0.5, 0.6) is 0 Å². The number of rotatable bonds is 6. The minimum Gasteiger partial charge on any atom is -0.351 e. The van der Waals surface area contributed by atoms with Crippen LogP contribution in [0.3, 0.4) is 0 Å². The van der Waals surface area contributed by atoms with Gasteiger partial charge in [-0.25, -0.2) is 4.39 Å². The van der Waals surface area contributed by atoms with Gasteiger partial charge in [-0.3, -0.25) is 9.69 Å². The fourth-order valence-corrected chi connectivity index (χ4v) is 2.83. The largest absolute Gasteiger partial charge is 0.351 e. The van der Waals surface area contributed by atoms with Gasteiger partial charge in [0.25, 0.3) is 0 Å². The molecule has 1 aliphatic rings. The first-order chi connectivity index (χ1) is 10.2. The Bertz CT molecular complexity index is 447. The topological polar surface area (TPSA) is 58.4 Å². The second kappa shape index (κ2) is 8.10. The summed E-state index contributed by atoms with van der Waals surface area (Å²) in [5, 5.41) is 2.88. The summed E-state index contributed by atoms with van der Waals surface area (Å²) in [7, 11) is 0. The van der Waals surface area contributed by atoms with Crippen molar-refractivity contribution in [3.8, 4) is 0 Å². The normalized spacial score (nSPS) is 19.4. The fraction of sp³-hybridized carbons (Fsp3) is 0.562. The second-order valence-electron chi connectivity index (χ2n) is 5.72. The second-order valence-corrected chi connectivity index (χ2v) is 5.72. The maximum Gasteiger partial charge on any atom is 0.234 e. The smallest absolute Gasteiger partial charge is 0.234 e. The molecule has 4 nitrogen and oxygen atoms in total. The third kappa shape index (κ3) is 5.44. The van der Waals surface area contributed by atoms with Crippen LogP contribution in [0, 0.1) is 11.7 Å². The van der Waals surface area contributed by atoms with E-state index >= 15 is 0 Å². The summed E-state index contributed by atoms with van der Waals surface area (Å²) in [5.41, 5.74) is 6.51. The minimum atomic E-state index is -0.260. The van der Waals surface area contributed by atoms with Gasteiger partial charge in [-0.05, 0) is 56.0 Å². The molecule has 1 unspecified atom stereocenters. The quantitative estimate of drug-likeness (QED) is 0.836. The highest BCUT2D eigenvalue weighted by atomic mass is 19.1. The molecule has 5 heteroatoms. The van der Waals surface area contributed by atoms with Crippen molar-refractivity contribution < 1.29 is 9.18 Å². The number of nitrogens with one attached hydrogen (secondary N) is 1. The lowest BCUT2D eigenvalue weighted by Crippen LogP contribution is -2.42. The number of benzene rings is 1. The zero-order valence-corrected chi connectivity index (χ0v) is 12.4. The summed E-state index contributed by atoms with van der Waals surface area (Å²) in [6.45, 7) is 3.53. The van der Waals surface area contributed by atoms with E-state index in [1.807, 2.05) is 0 Å². The Morgan fingerprint density at radius 3 is 2.86 bits per heavy atom. The number of hydrogen-bond donors (Lipinski definition) is 2. The summed E-state index contributed by atoms with van der Waals surface area (Å²) in [5.74, 6) is 0.380. The predicted molar refractivity (Wildman–Crippen MR) is 81.1 cm³/mol. The van der Waals surface area contributed by atoms with Crippen LogP contribution in [-0.2, 0) is 11.3 Å². The predicted octanol–water partition coefficient (Wildman–Crippen LogP) is 1.50. The summed E-state index contributed by atoms with van der Waals surface area (Å²) < 4.78 is 12.8. The SMILES string of the molecule is NCCC1CCCN(CC(=O)NCc2ccc(F)cc2)C1. The van der Waals surface area contributed by atoms with Crippen LogP contribution < -0.4 is 11.1 Å². The van der Waals surface area contributed by atoms with Crippen LogP contribution in [0.2, 0.25) is 0 Å². The summed E-state index contributed by atoms with van der Waals surface area (Å²) in [4.78, 5) is 14.2. The van der Waals surface area contributed by atoms with Gasteiger partial charge in [0.1, 0.15) is 5.82 Å². The Morgan fingerprint density at radius 1 is 1.38 bits per heavy atom. The van der Waals surface area contributed by atoms with Gasteiger partial charge in [0, 0.05) is 13.1 Å². The first-order valence-electron chi connectivity index (χ1n) is 7.61. The molecule has 1 amide bonds. The molecular weight excluding hydrogens is 269 g/mol. The van der Waals surface area contributed by atoms with Crippen LogP contribution in [0.1, 0.15) is 24.8 Å². The Balaban J connectivity index is 1.72. The molecule has 1 atom stereocenters. The van der Waals surface area contributed by atoms with E-state index < -0.39 is 0 Å². The highest BCUT2D eigenvalue weighted by molar-refractivity contribution is 5.78. The third-order valence-corrected chi connectivity index (χ3v) is 3.95.